The minimum Gasteiger partial charge on any atom is -0.337 e. The normalized spacial score (nSPS) is 26.2. The molecule has 2 fully saturated rings. The third kappa shape index (κ3) is 3.97. The van der Waals surface area contributed by atoms with Gasteiger partial charge in [-0.25, -0.2) is 9.37 Å². The van der Waals surface area contributed by atoms with E-state index in [1.165, 1.54) is 30.3 Å². The van der Waals surface area contributed by atoms with Gasteiger partial charge in [-0.2, -0.15) is 0 Å². The first-order valence-corrected chi connectivity index (χ1v) is 12.0. The number of carbonyl (C=O) groups excluding carboxylic acids is 1. The number of nitrogens with two attached hydrogens (primary N) is 1. The fraction of sp³-hybridized carbons (Fsp3) is 0.600. The van der Waals surface area contributed by atoms with E-state index < -0.39 is 0 Å². The van der Waals surface area contributed by atoms with Gasteiger partial charge in [0.2, 0.25) is 5.91 Å². The van der Waals surface area contributed by atoms with E-state index in [0.717, 1.165) is 50.2 Å². The Morgan fingerprint density at radius 1 is 1.25 bits per heavy atom. The maximum Gasteiger partial charge on any atom is 0.219 e. The molecular formula is C25H34FN5O. The Kier molecular flexibility index (Phi) is 5.80. The van der Waals surface area contributed by atoms with Crippen LogP contribution in [0.5, 0.6) is 0 Å². The van der Waals surface area contributed by atoms with Crippen molar-refractivity contribution in [1.29, 1.82) is 0 Å². The van der Waals surface area contributed by atoms with Crippen LogP contribution in [-0.4, -0.2) is 50.4 Å². The minimum atomic E-state index is -0.221. The Hall–Kier alpha value is -2.25. The quantitative estimate of drug-likeness (QED) is 0.774. The van der Waals surface area contributed by atoms with Gasteiger partial charge in [-0.15, -0.1) is 0 Å². The van der Waals surface area contributed by atoms with E-state index in [2.05, 4.69) is 16.4 Å². The topological polar surface area (TPSA) is 67.4 Å². The number of aromatic nitrogens is 2. The molecule has 1 aromatic heterocycles. The van der Waals surface area contributed by atoms with Crippen LogP contribution in [0.15, 0.2) is 24.3 Å². The van der Waals surface area contributed by atoms with Crippen molar-refractivity contribution in [3.8, 4) is 0 Å². The van der Waals surface area contributed by atoms with Gasteiger partial charge < -0.3 is 15.2 Å². The van der Waals surface area contributed by atoms with Gasteiger partial charge in [0.1, 0.15) is 11.6 Å². The molecule has 7 heteroatoms. The third-order valence-electron chi connectivity index (χ3n) is 7.87. The van der Waals surface area contributed by atoms with Gasteiger partial charge in [-0.1, -0.05) is 12.1 Å². The predicted molar refractivity (Wildman–Crippen MR) is 121 cm³/mol. The fourth-order valence-corrected chi connectivity index (χ4v) is 6.28. The van der Waals surface area contributed by atoms with Crippen LogP contribution in [0.4, 0.5) is 4.39 Å². The second-order valence-electron chi connectivity index (χ2n) is 9.81. The highest BCUT2D eigenvalue weighted by Gasteiger charge is 2.42. The molecule has 4 heterocycles. The van der Waals surface area contributed by atoms with E-state index in [1.807, 2.05) is 11.0 Å². The first kappa shape index (κ1) is 21.6. The van der Waals surface area contributed by atoms with E-state index >= 15 is 0 Å². The maximum absolute atomic E-state index is 13.6. The van der Waals surface area contributed by atoms with Crippen molar-refractivity contribution in [1.82, 2.24) is 19.4 Å². The molecule has 32 heavy (non-hydrogen) atoms. The van der Waals surface area contributed by atoms with Gasteiger partial charge >= 0.3 is 0 Å². The van der Waals surface area contributed by atoms with Crippen molar-refractivity contribution in [3.63, 3.8) is 0 Å². The lowest BCUT2D eigenvalue weighted by Gasteiger charge is -2.41. The molecule has 0 radical (unpaired) electrons. The summed E-state index contributed by atoms with van der Waals surface area (Å²) in [5, 5.41) is 0. The molecule has 1 amide bonds. The number of carbonyl (C=O) groups is 1. The van der Waals surface area contributed by atoms with Crippen LogP contribution in [0.2, 0.25) is 0 Å². The van der Waals surface area contributed by atoms with E-state index in [9.17, 15) is 9.18 Å². The number of benzene rings is 1. The number of rotatable bonds is 5. The van der Waals surface area contributed by atoms with Crippen molar-refractivity contribution in [2.45, 2.75) is 83.1 Å². The van der Waals surface area contributed by atoms with Crippen molar-refractivity contribution in [2.75, 3.05) is 13.1 Å². The molecule has 2 aromatic rings. The molecule has 2 unspecified atom stereocenters. The van der Waals surface area contributed by atoms with E-state index in [-0.39, 0.29) is 17.8 Å². The van der Waals surface area contributed by atoms with Crippen LogP contribution in [0.25, 0.3) is 0 Å². The lowest BCUT2D eigenvalue weighted by atomic mass is 9.95. The van der Waals surface area contributed by atoms with E-state index in [4.69, 9.17) is 10.7 Å². The SMILES string of the molecule is CC(=O)N1CCc2nc(C)n(C3CC4CCC(C3)N4CC[C@H](N)c3cccc(F)c3)c2C1. The molecule has 2 bridgehead atoms. The summed E-state index contributed by atoms with van der Waals surface area (Å²) in [6, 6.07) is 8.11. The van der Waals surface area contributed by atoms with Crippen LogP contribution >= 0.6 is 0 Å². The average Bonchev–Trinajstić information content (AvgIpc) is 3.22. The molecule has 3 aliphatic heterocycles. The number of hydrogen-bond donors (Lipinski definition) is 1. The van der Waals surface area contributed by atoms with Gasteiger partial charge in [0.25, 0.3) is 0 Å². The number of imidazole rings is 1. The Bertz CT molecular complexity index is 990. The lowest BCUT2D eigenvalue weighted by Crippen LogP contribution is -2.45. The second-order valence-corrected chi connectivity index (χ2v) is 9.81. The number of amides is 1. The van der Waals surface area contributed by atoms with Crippen LogP contribution < -0.4 is 5.73 Å². The van der Waals surface area contributed by atoms with Crippen LogP contribution in [0.1, 0.15) is 73.9 Å². The number of piperidine rings is 1. The molecule has 3 aliphatic rings. The first-order valence-electron chi connectivity index (χ1n) is 12.0. The summed E-state index contributed by atoms with van der Waals surface area (Å²) in [5.74, 6) is 1.01. The minimum absolute atomic E-state index is 0.136. The highest BCUT2D eigenvalue weighted by atomic mass is 19.1. The lowest BCUT2D eigenvalue weighted by molar-refractivity contribution is -0.129. The summed E-state index contributed by atoms with van der Waals surface area (Å²) in [7, 11) is 0. The van der Waals surface area contributed by atoms with Crippen molar-refractivity contribution >= 4 is 5.91 Å². The van der Waals surface area contributed by atoms with E-state index in [1.54, 1.807) is 19.1 Å². The van der Waals surface area contributed by atoms with Gasteiger partial charge in [-0.05, 0) is 56.7 Å². The molecule has 2 N–H and O–H groups in total. The molecule has 0 spiro atoms. The van der Waals surface area contributed by atoms with Gasteiger partial charge in [-0.3, -0.25) is 9.69 Å². The number of nitrogens with zero attached hydrogens (tertiary/aromatic N) is 4. The standard InChI is InChI=1S/C25H34FN5O/c1-16-28-24-9-10-29(17(2)32)15-25(24)31(16)22-13-20-6-7-21(14-22)30(20)11-8-23(27)18-4-3-5-19(26)12-18/h3-5,12,20-23H,6-11,13-15,27H2,1-2H3/t20?,21?,22?,23-/m0/s1. The number of hydrogen-bond acceptors (Lipinski definition) is 4. The van der Waals surface area contributed by atoms with Crippen LogP contribution in [0.3, 0.4) is 0 Å². The van der Waals surface area contributed by atoms with Crippen molar-refractivity contribution < 1.29 is 9.18 Å². The van der Waals surface area contributed by atoms with Crippen LogP contribution in [0, 0.1) is 12.7 Å². The summed E-state index contributed by atoms with van der Waals surface area (Å²) in [4.78, 5) is 21.4. The third-order valence-corrected chi connectivity index (χ3v) is 7.87. The predicted octanol–water partition coefficient (Wildman–Crippen LogP) is 3.49. The molecule has 3 atom stereocenters. The zero-order valence-electron chi connectivity index (χ0n) is 19.1. The molecule has 6 nitrogen and oxygen atoms in total. The van der Waals surface area contributed by atoms with Crippen LogP contribution in [-0.2, 0) is 17.8 Å². The van der Waals surface area contributed by atoms with Crippen molar-refractivity contribution in [2.24, 2.45) is 5.73 Å². The Labute approximate surface area is 189 Å². The molecule has 2 saturated heterocycles. The Balaban J connectivity index is 1.27. The molecule has 0 aliphatic carbocycles. The zero-order valence-corrected chi connectivity index (χ0v) is 19.1. The maximum atomic E-state index is 13.6. The smallest absolute Gasteiger partial charge is 0.219 e. The second kappa shape index (κ2) is 8.60. The van der Waals surface area contributed by atoms with Crippen molar-refractivity contribution in [3.05, 3.63) is 52.9 Å². The summed E-state index contributed by atoms with van der Waals surface area (Å²) in [6.07, 6.45) is 6.39. The molecule has 172 valence electrons. The summed E-state index contributed by atoms with van der Waals surface area (Å²) in [6.45, 7) is 6.19. The highest BCUT2D eigenvalue weighted by molar-refractivity contribution is 5.73. The number of fused-ring (bicyclic) bond motifs is 3. The average molecular weight is 440 g/mol. The van der Waals surface area contributed by atoms with Gasteiger partial charge in [0, 0.05) is 50.6 Å². The molecular weight excluding hydrogens is 405 g/mol. The van der Waals surface area contributed by atoms with E-state index in [0.29, 0.717) is 24.7 Å². The fourth-order valence-electron chi connectivity index (χ4n) is 6.28. The largest absolute Gasteiger partial charge is 0.337 e. The summed E-state index contributed by atoms with van der Waals surface area (Å²) < 4.78 is 16.0. The number of aryl methyl sites for hydroxylation is 1. The highest BCUT2D eigenvalue weighted by Crippen LogP contribution is 2.42. The number of halogens is 1. The molecule has 1 aromatic carbocycles. The van der Waals surface area contributed by atoms with Gasteiger partial charge in [0.15, 0.2) is 0 Å². The Morgan fingerprint density at radius 3 is 2.69 bits per heavy atom. The van der Waals surface area contributed by atoms with Gasteiger partial charge in [0.05, 0.1) is 17.9 Å². The monoisotopic (exact) mass is 439 g/mol. The molecule has 0 saturated carbocycles. The zero-order chi connectivity index (χ0) is 22.4. The molecule has 5 rings (SSSR count). The summed E-state index contributed by atoms with van der Waals surface area (Å²) in [5.41, 5.74) is 9.69. The summed E-state index contributed by atoms with van der Waals surface area (Å²) >= 11 is 0. The first-order chi connectivity index (χ1) is 15.4. The Morgan fingerprint density at radius 2 is 2.00 bits per heavy atom.